The van der Waals surface area contributed by atoms with Crippen LogP contribution in [0.3, 0.4) is 0 Å². The molecule has 0 aromatic carbocycles. The molecule has 4 nitrogen and oxygen atoms in total. The lowest BCUT2D eigenvalue weighted by molar-refractivity contribution is -0.153. The van der Waals surface area contributed by atoms with Gasteiger partial charge in [0.1, 0.15) is 6.17 Å². The molecule has 17 heavy (non-hydrogen) atoms. The van der Waals surface area contributed by atoms with Gasteiger partial charge in [0, 0.05) is 0 Å². The van der Waals surface area contributed by atoms with E-state index >= 15 is 0 Å². The van der Waals surface area contributed by atoms with Crippen molar-refractivity contribution >= 4 is 35.4 Å². The highest BCUT2D eigenvalue weighted by Crippen LogP contribution is 2.55. The molecule has 2 aliphatic heterocycles. The molecule has 2 fully saturated rings. The Balaban J connectivity index is 2.18. The Labute approximate surface area is 107 Å². The summed E-state index contributed by atoms with van der Waals surface area (Å²) < 4.78 is 12.2. The topological polar surface area (TPSA) is 57.6 Å². The van der Waals surface area contributed by atoms with Crippen molar-refractivity contribution in [2.45, 2.75) is 29.5 Å². The highest BCUT2D eigenvalue weighted by molar-refractivity contribution is 8.19. The summed E-state index contributed by atoms with van der Waals surface area (Å²) in [5, 5.41) is 8.99. The van der Waals surface area contributed by atoms with Gasteiger partial charge in [0.05, 0.1) is 17.8 Å². The average molecular weight is 279 g/mol. The van der Waals surface area contributed by atoms with Crippen molar-refractivity contribution in [1.29, 1.82) is 0 Å². The van der Waals surface area contributed by atoms with E-state index in [0.717, 1.165) is 0 Å². The minimum Gasteiger partial charge on any atom is -0.480 e. The molecule has 2 unspecified atom stereocenters. The summed E-state index contributed by atoms with van der Waals surface area (Å²) in [5.74, 6) is -1.19. The van der Waals surface area contributed by atoms with Crippen LogP contribution in [0.2, 0.25) is 0 Å². The van der Waals surface area contributed by atoms with Crippen LogP contribution in [-0.4, -0.2) is 49.8 Å². The third kappa shape index (κ3) is 1.83. The van der Waals surface area contributed by atoms with Gasteiger partial charge in [-0.2, -0.15) is 0 Å². The Hall–Kier alpha value is -0.430. The standard InChI is InChI=1S/C10H14FNO3S2/c1-3-16-10(9(14)15)4-12-7(13)6(5(2)11)8(12)17-10/h5-6,8H,3-4H2,1-2H3,(H,14,15)/t5?,6-,8-,10?/m1/s1. The van der Waals surface area contributed by atoms with E-state index < -0.39 is 22.1 Å². The SMILES string of the molecule is CCSC1(C(=O)O)CN2C(=O)[C@@H](C(C)F)[C@H]2S1. The maximum atomic E-state index is 13.3. The number of hydrogen-bond donors (Lipinski definition) is 1. The lowest BCUT2D eigenvalue weighted by atomic mass is 9.94. The number of rotatable bonds is 4. The molecule has 4 atom stereocenters. The summed E-state index contributed by atoms with van der Waals surface area (Å²) >= 11 is 2.51. The number of fused-ring (bicyclic) bond motifs is 1. The van der Waals surface area contributed by atoms with Gasteiger partial charge in [-0.3, -0.25) is 4.79 Å². The van der Waals surface area contributed by atoms with Crippen LogP contribution in [-0.2, 0) is 9.59 Å². The number of hydrogen-bond acceptors (Lipinski definition) is 4. The zero-order valence-corrected chi connectivity index (χ0v) is 11.2. The molecule has 2 saturated heterocycles. The molecule has 0 bridgehead atoms. The Kier molecular flexibility index (Phi) is 3.33. The van der Waals surface area contributed by atoms with Crippen molar-refractivity contribution in [2.24, 2.45) is 5.92 Å². The largest absolute Gasteiger partial charge is 0.480 e. The summed E-state index contributed by atoms with van der Waals surface area (Å²) in [6, 6.07) is 0. The van der Waals surface area contributed by atoms with Crippen LogP contribution in [0.4, 0.5) is 4.39 Å². The molecule has 0 aliphatic carbocycles. The summed E-state index contributed by atoms with van der Waals surface area (Å²) in [4.78, 5) is 24.5. The number of aliphatic carboxylic acids is 1. The monoisotopic (exact) mass is 279 g/mol. The van der Waals surface area contributed by atoms with Crippen LogP contribution in [0, 0.1) is 5.92 Å². The molecule has 0 spiro atoms. The van der Waals surface area contributed by atoms with Gasteiger partial charge in [0.2, 0.25) is 5.91 Å². The summed E-state index contributed by atoms with van der Waals surface area (Å²) in [6.07, 6.45) is -1.22. The molecular weight excluding hydrogens is 265 g/mol. The van der Waals surface area contributed by atoms with Crippen LogP contribution in [0.15, 0.2) is 0 Å². The van der Waals surface area contributed by atoms with Crippen LogP contribution >= 0.6 is 23.5 Å². The minimum atomic E-state index is -1.22. The molecule has 0 aromatic heterocycles. The number of carbonyl (C=O) groups is 2. The van der Waals surface area contributed by atoms with Gasteiger partial charge in [-0.05, 0) is 12.7 Å². The van der Waals surface area contributed by atoms with Gasteiger partial charge in [-0.15, -0.1) is 23.5 Å². The third-order valence-corrected chi connectivity index (χ3v) is 6.25. The predicted octanol–water partition coefficient (Wildman–Crippen LogP) is 1.41. The van der Waals surface area contributed by atoms with Gasteiger partial charge in [-0.25, -0.2) is 9.18 Å². The first-order valence-electron chi connectivity index (χ1n) is 5.42. The fraction of sp³-hybridized carbons (Fsp3) is 0.800. The second-order valence-corrected chi connectivity index (χ2v) is 7.41. The molecule has 0 aromatic rings. The van der Waals surface area contributed by atoms with Crippen LogP contribution in [0.5, 0.6) is 0 Å². The number of alkyl halides is 1. The van der Waals surface area contributed by atoms with Gasteiger partial charge in [-0.1, -0.05) is 6.92 Å². The van der Waals surface area contributed by atoms with Crippen molar-refractivity contribution in [1.82, 2.24) is 4.90 Å². The third-order valence-electron chi connectivity index (χ3n) is 3.07. The number of carboxylic acids is 1. The van der Waals surface area contributed by atoms with Gasteiger partial charge in [0.25, 0.3) is 0 Å². The first kappa shape index (κ1) is 13.0. The lowest BCUT2D eigenvalue weighted by Crippen LogP contribution is -2.59. The van der Waals surface area contributed by atoms with E-state index in [1.165, 1.54) is 35.3 Å². The number of halogens is 1. The highest BCUT2D eigenvalue weighted by Gasteiger charge is 2.63. The Morgan fingerprint density at radius 2 is 2.47 bits per heavy atom. The fourth-order valence-corrected chi connectivity index (χ4v) is 5.46. The first-order chi connectivity index (χ1) is 7.93. The molecular formula is C10H14FNO3S2. The van der Waals surface area contributed by atoms with E-state index in [4.69, 9.17) is 0 Å². The summed E-state index contributed by atoms with van der Waals surface area (Å²) in [7, 11) is 0. The molecule has 2 rings (SSSR count). The van der Waals surface area contributed by atoms with Crippen molar-refractivity contribution < 1.29 is 19.1 Å². The molecule has 1 amide bonds. The molecule has 7 heteroatoms. The second kappa shape index (κ2) is 4.35. The van der Waals surface area contributed by atoms with E-state index in [-0.39, 0.29) is 17.8 Å². The molecule has 0 saturated carbocycles. The molecule has 96 valence electrons. The zero-order chi connectivity index (χ0) is 12.8. The quantitative estimate of drug-likeness (QED) is 0.789. The smallest absolute Gasteiger partial charge is 0.332 e. The zero-order valence-electron chi connectivity index (χ0n) is 9.55. The minimum absolute atomic E-state index is 0.179. The van der Waals surface area contributed by atoms with Crippen LogP contribution in [0.1, 0.15) is 13.8 Å². The highest BCUT2D eigenvalue weighted by atomic mass is 32.2. The molecule has 1 N–H and O–H groups in total. The number of carboxylic acid groups (broad SMARTS) is 1. The van der Waals surface area contributed by atoms with Crippen LogP contribution < -0.4 is 0 Å². The fourth-order valence-electron chi connectivity index (χ4n) is 2.23. The van der Waals surface area contributed by atoms with Gasteiger partial charge >= 0.3 is 5.97 Å². The number of amides is 1. The summed E-state index contributed by atoms with van der Waals surface area (Å²) in [6.45, 7) is 3.41. The normalized spacial score (nSPS) is 37.6. The first-order valence-corrected chi connectivity index (χ1v) is 7.29. The van der Waals surface area contributed by atoms with E-state index in [2.05, 4.69) is 0 Å². The molecule has 2 aliphatic rings. The van der Waals surface area contributed by atoms with E-state index in [1.54, 1.807) is 0 Å². The molecule has 0 radical (unpaired) electrons. The Bertz CT molecular complexity index is 365. The number of β-lactam (4-membered cyclic amide) rings is 1. The number of thioether (sulfide) groups is 2. The number of carbonyl (C=O) groups excluding carboxylic acids is 1. The number of nitrogens with zero attached hydrogens (tertiary/aromatic N) is 1. The van der Waals surface area contributed by atoms with Gasteiger partial charge in [0.15, 0.2) is 4.08 Å². The van der Waals surface area contributed by atoms with E-state index in [9.17, 15) is 19.1 Å². The van der Waals surface area contributed by atoms with Crippen molar-refractivity contribution in [3.8, 4) is 0 Å². The van der Waals surface area contributed by atoms with Gasteiger partial charge < -0.3 is 10.0 Å². The predicted molar refractivity (Wildman–Crippen MR) is 65.7 cm³/mol. The molecule has 2 heterocycles. The van der Waals surface area contributed by atoms with Crippen molar-refractivity contribution in [3.63, 3.8) is 0 Å². The Morgan fingerprint density at radius 3 is 2.94 bits per heavy atom. The maximum Gasteiger partial charge on any atom is 0.332 e. The van der Waals surface area contributed by atoms with E-state index in [1.807, 2.05) is 6.92 Å². The lowest BCUT2D eigenvalue weighted by Gasteiger charge is -2.42. The van der Waals surface area contributed by atoms with Crippen LogP contribution in [0.25, 0.3) is 0 Å². The Morgan fingerprint density at radius 1 is 1.82 bits per heavy atom. The maximum absolute atomic E-state index is 13.3. The van der Waals surface area contributed by atoms with Crippen molar-refractivity contribution in [2.75, 3.05) is 12.3 Å². The van der Waals surface area contributed by atoms with Crippen molar-refractivity contribution in [3.05, 3.63) is 0 Å². The van der Waals surface area contributed by atoms with E-state index in [0.29, 0.717) is 5.75 Å². The second-order valence-electron chi connectivity index (χ2n) is 4.17. The summed E-state index contributed by atoms with van der Waals surface area (Å²) in [5.41, 5.74) is 0. The average Bonchev–Trinajstić information content (AvgIpc) is 2.55.